The second kappa shape index (κ2) is 5.97. The molecular weight excluding hydrogens is 310 g/mol. The number of amides is 1. The number of rotatable bonds is 6. The van der Waals surface area contributed by atoms with E-state index >= 15 is 0 Å². The molecule has 1 aliphatic rings. The van der Waals surface area contributed by atoms with Crippen LogP contribution in [0.3, 0.4) is 0 Å². The van der Waals surface area contributed by atoms with Crippen molar-refractivity contribution in [1.29, 1.82) is 0 Å². The molecule has 1 aromatic rings. The van der Waals surface area contributed by atoms with E-state index in [0.717, 1.165) is 31.2 Å². The number of nitrogens with one attached hydrogen (secondary N) is 1. The van der Waals surface area contributed by atoms with Gasteiger partial charge in [-0.05, 0) is 49.3 Å². The van der Waals surface area contributed by atoms with Crippen molar-refractivity contribution in [2.24, 2.45) is 5.41 Å². The molecule has 116 valence electrons. The van der Waals surface area contributed by atoms with E-state index in [9.17, 15) is 13.2 Å². The predicted octanol–water partition coefficient (Wildman–Crippen LogP) is 3.23. The quantitative estimate of drug-likeness (QED) is 0.815. The monoisotopic (exact) mass is 329 g/mol. The van der Waals surface area contributed by atoms with Crippen LogP contribution in [0.1, 0.15) is 48.5 Å². The Bertz CT molecular complexity index is 651. The summed E-state index contributed by atoms with van der Waals surface area (Å²) in [6.45, 7) is 4.57. The number of halogens is 1. The van der Waals surface area contributed by atoms with Crippen LogP contribution in [0.25, 0.3) is 0 Å². The van der Waals surface area contributed by atoms with Gasteiger partial charge >= 0.3 is 0 Å². The van der Waals surface area contributed by atoms with Gasteiger partial charge in [0.2, 0.25) is 0 Å². The van der Waals surface area contributed by atoms with Gasteiger partial charge in [-0.1, -0.05) is 19.4 Å². The van der Waals surface area contributed by atoms with Crippen molar-refractivity contribution >= 4 is 25.6 Å². The number of hydrogen-bond acceptors (Lipinski definition) is 3. The molecule has 0 heterocycles. The van der Waals surface area contributed by atoms with E-state index in [1.807, 2.05) is 0 Å². The molecule has 21 heavy (non-hydrogen) atoms. The Balaban J connectivity index is 2.12. The smallest absolute Gasteiger partial charge is 0.261 e. The molecule has 0 aromatic heterocycles. The fourth-order valence-electron chi connectivity index (χ4n) is 2.58. The fraction of sp³-hybridized carbons (Fsp3) is 0.533. The topological polar surface area (TPSA) is 63.2 Å². The molecule has 2 rings (SSSR count). The van der Waals surface area contributed by atoms with Crippen LogP contribution in [0.2, 0.25) is 0 Å². The van der Waals surface area contributed by atoms with Gasteiger partial charge in [0.15, 0.2) is 0 Å². The molecule has 0 radical (unpaired) electrons. The Labute approximate surface area is 130 Å². The molecule has 0 saturated heterocycles. The Kier molecular flexibility index (Phi) is 4.63. The zero-order chi connectivity index (χ0) is 15.7. The number of carbonyl (C=O) groups excluding carboxylic acids is 1. The lowest BCUT2D eigenvalue weighted by atomic mass is 10.0. The Morgan fingerprint density at radius 3 is 2.57 bits per heavy atom. The Morgan fingerprint density at radius 2 is 2.05 bits per heavy atom. The van der Waals surface area contributed by atoms with E-state index in [1.54, 1.807) is 13.0 Å². The van der Waals surface area contributed by atoms with Gasteiger partial charge in [-0.3, -0.25) is 4.79 Å². The highest BCUT2D eigenvalue weighted by molar-refractivity contribution is 8.13. The average Bonchev–Trinajstić information content (AvgIpc) is 3.16. The van der Waals surface area contributed by atoms with E-state index in [2.05, 4.69) is 12.2 Å². The maximum Gasteiger partial charge on any atom is 0.261 e. The van der Waals surface area contributed by atoms with E-state index < -0.39 is 9.05 Å². The predicted molar refractivity (Wildman–Crippen MR) is 83.1 cm³/mol. The third-order valence-electron chi connectivity index (χ3n) is 4.10. The van der Waals surface area contributed by atoms with E-state index in [4.69, 9.17) is 10.7 Å². The van der Waals surface area contributed by atoms with Crippen molar-refractivity contribution < 1.29 is 13.2 Å². The minimum Gasteiger partial charge on any atom is -0.351 e. The summed E-state index contributed by atoms with van der Waals surface area (Å²) in [5, 5.41) is 2.93. The molecule has 1 saturated carbocycles. The van der Waals surface area contributed by atoms with Crippen LogP contribution < -0.4 is 5.32 Å². The van der Waals surface area contributed by atoms with Gasteiger partial charge in [0, 0.05) is 22.8 Å². The summed E-state index contributed by atoms with van der Waals surface area (Å²) in [6, 6.07) is 4.35. The molecule has 6 heteroatoms. The average molecular weight is 330 g/mol. The van der Waals surface area contributed by atoms with Crippen LogP contribution in [0.5, 0.6) is 0 Å². The Morgan fingerprint density at radius 1 is 1.38 bits per heavy atom. The lowest BCUT2D eigenvalue weighted by Crippen LogP contribution is -2.30. The van der Waals surface area contributed by atoms with Crippen molar-refractivity contribution in [1.82, 2.24) is 5.32 Å². The number of aryl methyl sites for hydroxylation is 1. The first-order valence-corrected chi connectivity index (χ1v) is 9.42. The third kappa shape index (κ3) is 3.98. The maximum absolute atomic E-state index is 12.3. The highest BCUT2D eigenvalue weighted by Gasteiger charge is 2.41. The molecule has 0 atom stereocenters. The van der Waals surface area contributed by atoms with Crippen LogP contribution in [0.15, 0.2) is 23.1 Å². The van der Waals surface area contributed by atoms with Gasteiger partial charge < -0.3 is 5.32 Å². The maximum atomic E-state index is 12.3. The summed E-state index contributed by atoms with van der Waals surface area (Å²) in [6.07, 6.45) is 4.52. The minimum atomic E-state index is -3.82. The van der Waals surface area contributed by atoms with Gasteiger partial charge in [-0.2, -0.15) is 0 Å². The van der Waals surface area contributed by atoms with Gasteiger partial charge in [0.05, 0.1) is 4.90 Å². The van der Waals surface area contributed by atoms with Crippen molar-refractivity contribution in [2.75, 3.05) is 6.54 Å². The number of benzene rings is 1. The fourth-order valence-corrected chi connectivity index (χ4v) is 3.36. The molecule has 1 amide bonds. The van der Waals surface area contributed by atoms with E-state index in [1.165, 1.54) is 12.1 Å². The van der Waals surface area contributed by atoms with E-state index in [0.29, 0.717) is 12.1 Å². The molecule has 1 N–H and O–H groups in total. The molecule has 1 aliphatic carbocycles. The molecule has 0 bridgehead atoms. The molecule has 4 nitrogen and oxygen atoms in total. The van der Waals surface area contributed by atoms with Crippen molar-refractivity contribution in [3.05, 3.63) is 29.3 Å². The molecular formula is C15H20ClNO3S. The molecule has 0 aliphatic heterocycles. The van der Waals surface area contributed by atoms with E-state index in [-0.39, 0.29) is 16.2 Å². The highest BCUT2D eigenvalue weighted by atomic mass is 35.7. The summed E-state index contributed by atoms with van der Waals surface area (Å²) in [4.78, 5) is 12.2. The largest absolute Gasteiger partial charge is 0.351 e. The first-order chi connectivity index (χ1) is 9.77. The summed E-state index contributed by atoms with van der Waals surface area (Å²) in [7, 11) is 1.51. The zero-order valence-electron chi connectivity index (χ0n) is 12.3. The van der Waals surface area contributed by atoms with Gasteiger partial charge in [0.25, 0.3) is 15.0 Å². The lowest BCUT2D eigenvalue weighted by molar-refractivity contribution is 0.0943. The number of hydrogen-bond donors (Lipinski definition) is 1. The SMILES string of the molecule is CCCC1(CNC(=O)c2cc(S(=O)(=O)Cl)ccc2C)CC1. The van der Waals surface area contributed by atoms with Crippen LogP contribution in [0, 0.1) is 12.3 Å². The summed E-state index contributed by atoms with van der Waals surface area (Å²) < 4.78 is 22.7. The first kappa shape index (κ1) is 16.3. The second-order valence-electron chi connectivity index (χ2n) is 5.85. The summed E-state index contributed by atoms with van der Waals surface area (Å²) in [5.41, 5.74) is 1.36. The minimum absolute atomic E-state index is 0.0467. The molecule has 1 aromatic carbocycles. The molecule has 1 fully saturated rings. The summed E-state index contributed by atoms with van der Waals surface area (Å²) in [5.74, 6) is -0.239. The van der Waals surface area contributed by atoms with Crippen LogP contribution in [-0.2, 0) is 9.05 Å². The third-order valence-corrected chi connectivity index (χ3v) is 5.45. The zero-order valence-corrected chi connectivity index (χ0v) is 13.9. The highest BCUT2D eigenvalue weighted by Crippen LogP contribution is 2.48. The van der Waals surface area contributed by atoms with Gasteiger partial charge in [-0.15, -0.1) is 0 Å². The Hall–Kier alpha value is -1.07. The van der Waals surface area contributed by atoms with Crippen LogP contribution >= 0.6 is 10.7 Å². The van der Waals surface area contributed by atoms with Gasteiger partial charge in [0.1, 0.15) is 0 Å². The van der Waals surface area contributed by atoms with Gasteiger partial charge in [-0.25, -0.2) is 8.42 Å². The molecule has 0 unspecified atom stereocenters. The van der Waals surface area contributed by atoms with Crippen molar-refractivity contribution in [3.63, 3.8) is 0 Å². The second-order valence-corrected chi connectivity index (χ2v) is 8.41. The summed E-state index contributed by atoms with van der Waals surface area (Å²) >= 11 is 0. The molecule has 0 spiro atoms. The first-order valence-electron chi connectivity index (χ1n) is 7.11. The van der Waals surface area contributed by atoms with Crippen LogP contribution in [-0.4, -0.2) is 20.9 Å². The number of carbonyl (C=O) groups is 1. The van der Waals surface area contributed by atoms with Crippen molar-refractivity contribution in [2.45, 2.75) is 44.4 Å². The van der Waals surface area contributed by atoms with Crippen LogP contribution in [0.4, 0.5) is 0 Å². The standard InChI is InChI=1S/C15H20ClNO3S/c1-3-6-15(7-8-15)10-17-14(18)13-9-12(21(16,19)20)5-4-11(13)2/h4-5,9H,3,6-8,10H2,1-2H3,(H,17,18). The lowest BCUT2D eigenvalue weighted by Gasteiger charge is -2.15. The normalized spacial score (nSPS) is 16.5. The van der Waals surface area contributed by atoms with Crippen molar-refractivity contribution in [3.8, 4) is 0 Å².